The van der Waals surface area contributed by atoms with E-state index in [0.29, 0.717) is 16.4 Å². The van der Waals surface area contributed by atoms with Crippen molar-refractivity contribution in [2.75, 3.05) is 5.32 Å². The van der Waals surface area contributed by atoms with Crippen molar-refractivity contribution in [1.82, 2.24) is 4.98 Å². The number of anilines is 1. The first-order valence-electron chi connectivity index (χ1n) is 5.40. The van der Waals surface area contributed by atoms with E-state index in [1.54, 1.807) is 25.3 Å². The van der Waals surface area contributed by atoms with Crippen molar-refractivity contribution in [3.63, 3.8) is 0 Å². The Morgan fingerprint density at radius 1 is 1.28 bits per heavy atom. The molecule has 0 amide bonds. The second kappa shape index (κ2) is 5.31. The number of nitrogens with one attached hydrogen (secondary N) is 1. The number of halogens is 3. The van der Waals surface area contributed by atoms with Crippen molar-refractivity contribution < 1.29 is 8.78 Å². The lowest BCUT2D eigenvalue weighted by Crippen LogP contribution is -2.09. The number of aromatic nitrogens is 1. The Kier molecular flexibility index (Phi) is 3.77. The van der Waals surface area contributed by atoms with Crippen molar-refractivity contribution in [2.24, 2.45) is 0 Å². The molecule has 0 saturated carbocycles. The molecule has 18 heavy (non-hydrogen) atoms. The van der Waals surface area contributed by atoms with E-state index in [4.69, 9.17) is 11.6 Å². The smallest absolute Gasteiger partial charge is 0.152 e. The Labute approximate surface area is 109 Å². The fraction of sp³-hybridized carbons (Fsp3) is 0.154. The quantitative estimate of drug-likeness (QED) is 0.845. The normalized spacial score (nSPS) is 12.2. The molecule has 2 rings (SSSR count). The van der Waals surface area contributed by atoms with Gasteiger partial charge in [0.25, 0.3) is 0 Å². The summed E-state index contributed by atoms with van der Waals surface area (Å²) in [5.74, 6) is -1.18. The molecule has 5 heteroatoms. The third-order valence-corrected chi connectivity index (χ3v) is 2.86. The van der Waals surface area contributed by atoms with Crippen molar-refractivity contribution >= 4 is 17.3 Å². The Morgan fingerprint density at radius 2 is 2.06 bits per heavy atom. The molecular formula is C13H11ClF2N2. The number of benzene rings is 1. The Morgan fingerprint density at radius 3 is 2.72 bits per heavy atom. The molecule has 0 radical (unpaired) electrons. The molecule has 0 saturated heterocycles. The van der Waals surface area contributed by atoms with Crippen LogP contribution in [0.25, 0.3) is 0 Å². The van der Waals surface area contributed by atoms with Crippen molar-refractivity contribution in [2.45, 2.75) is 13.0 Å². The summed E-state index contributed by atoms with van der Waals surface area (Å²) in [6.45, 7) is 1.76. The van der Waals surface area contributed by atoms with Gasteiger partial charge in [-0.25, -0.2) is 13.8 Å². The summed E-state index contributed by atoms with van der Waals surface area (Å²) in [6.07, 6.45) is 1.57. The van der Waals surface area contributed by atoms with Crippen LogP contribution in [-0.4, -0.2) is 4.98 Å². The van der Waals surface area contributed by atoms with Crippen LogP contribution in [0, 0.1) is 11.6 Å². The lowest BCUT2D eigenvalue weighted by Gasteiger charge is -2.16. The van der Waals surface area contributed by atoms with Gasteiger partial charge in [-0.15, -0.1) is 0 Å². The minimum absolute atomic E-state index is 0.312. The lowest BCUT2D eigenvalue weighted by atomic mass is 10.1. The van der Waals surface area contributed by atoms with Gasteiger partial charge < -0.3 is 5.32 Å². The first-order chi connectivity index (χ1) is 8.58. The summed E-state index contributed by atoms with van der Waals surface area (Å²) in [5.41, 5.74) is 0.978. The van der Waals surface area contributed by atoms with Gasteiger partial charge in [-0.05, 0) is 25.1 Å². The zero-order valence-electron chi connectivity index (χ0n) is 9.62. The monoisotopic (exact) mass is 268 g/mol. The fourth-order valence-electron chi connectivity index (χ4n) is 1.66. The first kappa shape index (κ1) is 12.8. The van der Waals surface area contributed by atoms with E-state index in [0.717, 1.165) is 6.07 Å². The highest BCUT2D eigenvalue weighted by molar-refractivity contribution is 6.31. The van der Waals surface area contributed by atoms with Gasteiger partial charge in [0.15, 0.2) is 5.15 Å². The van der Waals surface area contributed by atoms with E-state index in [1.165, 1.54) is 12.1 Å². The zero-order chi connectivity index (χ0) is 13.1. The van der Waals surface area contributed by atoms with Gasteiger partial charge in [0, 0.05) is 17.8 Å². The van der Waals surface area contributed by atoms with Crippen LogP contribution in [0.2, 0.25) is 5.15 Å². The van der Waals surface area contributed by atoms with Gasteiger partial charge in [-0.1, -0.05) is 17.7 Å². The summed E-state index contributed by atoms with van der Waals surface area (Å²) >= 11 is 5.89. The van der Waals surface area contributed by atoms with Crippen molar-refractivity contribution in [3.8, 4) is 0 Å². The molecule has 1 aromatic heterocycles. The second-order valence-corrected chi connectivity index (χ2v) is 4.23. The van der Waals surface area contributed by atoms with Crippen LogP contribution >= 0.6 is 11.6 Å². The first-order valence-corrected chi connectivity index (χ1v) is 5.77. The predicted molar refractivity (Wildman–Crippen MR) is 67.6 cm³/mol. The number of hydrogen-bond donors (Lipinski definition) is 1. The number of nitrogens with zero attached hydrogens (tertiary/aromatic N) is 1. The summed E-state index contributed by atoms with van der Waals surface area (Å²) in [5, 5.41) is 3.34. The molecule has 0 aliphatic rings. The van der Waals surface area contributed by atoms with Crippen LogP contribution in [0.3, 0.4) is 0 Å². The van der Waals surface area contributed by atoms with Gasteiger partial charge >= 0.3 is 0 Å². The van der Waals surface area contributed by atoms with E-state index in [9.17, 15) is 8.78 Å². The Bertz CT molecular complexity index is 560. The largest absolute Gasteiger partial charge is 0.376 e. The number of rotatable bonds is 3. The molecule has 1 heterocycles. The molecule has 2 nitrogen and oxygen atoms in total. The maximum atomic E-state index is 13.6. The summed E-state index contributed by atoms with van der Waals surface area (Å²) < 4.78 is 26.4. The Hall–Kier alpha value is -1.68. The van der Waals surface area contributed by atoms with Crippen LogP contribution in [0.15, 0.2) is 36.5 Å². The van der Waals surface area contributed by atoms with Crippen LogP contribution < -0.4 is 5.32 Å². The maximum absolute atomic E-state index is 13.6. The van der Waals surface area contributed by atoms with Crippen molar-refractivity contribution in [1.29, 1.82) is 0 Å². The topological polar surface area (TPSA) is 24.9 Å². The van der Waals surface area contributed by atoms with E-state index >= 15 is 0 Å². The van der Waals surface area contributed by atoms with Crippen LogP contribution in [0.4, 0.5) is 14.5 Å². The molecule has 2 aromatic rings. The number of hydrogen-bond acceptors (Lipinski definition) is 2. The summed E-state index contributed by atoms with van der Waals surface area (Å²) in [7, 11) is 0. The standard InChI is InChI=1S/C13H11ClF2N2/c1-8(10-5-4-9(15)7-11(10)16)18-12-3-2-6-17-13(12)14/h2-8,18H,1H3. The van der Waals surface area contributed by atoms with Crippen LogP contribution in [-0.2, 0) is 0 Å². The minimum atomic E-state index is -0.595. The highest BCUT2D eigenvalue weighted by atomic mass is 35.5. The van der Waals surface area contributed by atoms with Crippen LogP contribution in [0.5, 0.6) is 0 Å². The molecule has 1 aromatic carbocycles. The number of pyridine rings is 1. The van der Waals surface area contributed by atoms with E-state index in [1.807, 2.05) is 0 Å². The molecule has 0 aliphatic carbocycles. The van der Waals surface area contributed by atoms with E-state index < -0.39 is 11.6 Å². The van der Waals surface area contributed by atoms with E-state index in [2.05, 4.69) is 10.3 Å². The third kappa shape index (κ3) is 2.76. The molecule has 1 atom stereocenters. The SMILES string of the molecule is CC(Nc1cccnc1Cl)c1ccc(F)cc1F. The van der Waals surface area contributed by atoms with Gasteiger partial charge in [0.2, 0.25) is 0 Å². The van der Waals surface area contributed by atoms with Gasteiger partial charge in [0.05, 0.1) is 11.7 Å². The summed E-state index contributed by atoms with van der Waals surface area (Å²) in [4.78, 5) is 3.91. The minimum Gasteiger partial charge on any atom is -0.376 e. The average molecular weight is 269 g/mol. The predicted octanol–water partition coefficient (Wildman–Crippen LogP) is 4.19. The molecule has 0 fully saturated rings. The Balaban J connectivity index is 2.22. The molecular weight excluding hydrogens is 258 g/mol. The summed E-state index contributed by atoms with van der Waals surface area (Å²) in [6, 6.07) is 6.62. The highest BCUT2D eigenvalue weighted by Gasteiger charge is 2.12. The van der Waals surface area contributed by atoms with Gasteiger partial charge in [0.1, 0.15) is 11.6 Å². The molecule has 0 spiro atoms. The second-order valence-electron chi connectivity index (χ2n) is 3.87. The molecule has 1 unspecified atom stereocenters. The van der Waals surface area contributed by atoms with Gasteiger partial charge in [-0.2, -0.15) is 0 Å². The lowest BCUT2D eigenvalue weighted by molar-refractivity contribution is 0.566. The molecule has 0 aliphatic heterocycles. The van der Waals surface area contributed by atoms with Crippen molar-refractivity contribution in [3.05, 3.63) is 58.9 Å². The fourth-order valence-corrected chi connectivity index (χ4v) is 1.83. The van der Waals surface area contributed by atoms with Gasteiger partial charge in [-0.3, -0.25) is 0 Å². The van der Waals surface area contributed by atoms with E-state index in [-0.39, 0.29) is 6.04 Å². The average Bonchev–Trinajstić information content (AvgIpc) is 2.32. The zero-order valence-corrected chi connectivity index (χ0v) is 10.4. The molecule has 94 valence electrons. The molecule has 0 bridgehead atoms. The van der Waals surface area contributed by atoms with Crippen LogP contribution in [0.1, 0.15) is 18.5 Å². The maximum Gasteiger partial charge on any atom is 0.152 e. The highest BCUT2D eigenvalue weighted by Crippen LogP contribution is 2.25. The third-order valence-electron chi connectivity index (χ3n) is 2.56. The molecule has 1 N–H and O–H groups in total.